The fourth-order valence-electron chi connectivity index (χ4n) is 5.19. The van der Waals surface area contributed by atoms with Crippen LogP contribution in [0.3, 0.4) is 0 Å². The minimum Gasteiger partial charge on any atom is -0.465 e. The van der Waals surface area contributed by atoms with Crippen LogP contribution in [0, 0.1) is 19.3 Å². The van der Waals surface area contributed by atoms with Gasteiger partial charge in [0.1, 0.15) is 0 Å². The summed E-state index contributed by atoms with van der Waals surface area (Å²) in [5.41, 5.74) is 1.97. The summed E-state index contributed by atoms with van der Waals surface area (Å²) >= 11 is 0. The highest BCUT2D eigenvalue weighted by Crippen LogP contribution is 2.45. The number of hydrogen-bond acceptors (Lipinski definition) is 2. The number of carbonyl (C=O) groups is 2. The average Bonchev–Trinajstić information content (AvgIpc) is 3.37. The largest absolute Gasteiger partial charge is 0.465 e. The van der Waals surface area contributed by atoms with Crippen molar-refractivity contribution in [3.63, 3.8) is 0 Å². The van der Waals surface area contributed by atoms with Gasteiger partial charge in [-0.1, -0.05) is 19.1 Å². The molecule has 3 heterocycles. The van der Waals surface area contributed by atoms with E-state index in [-0.39, 0.29) is 24.0 Å². The fraction of sp³-hybridized carbons (Fsp3) is 0.600. The van der Waals surface area contributed by atoms with Gasteiger partial charge in [-0.25, -0.2) is 4.79 Å². The van der Waals surface area contributed by atoms with Gasteiger partial charge in [-0.05, 0) is 45.2 Å². The van der Waals surface area contributed by atoms with Crippen LogP contribution in [0.5, 0.6) is 0 Å². The summed E-state index contributed by atoms with van der Waals surface area (Å²) in [6.07, 6.45) is 5.76. The number of aryl methyl sites for hydroxylation is 2. The smallest absolute Gasteiger partial charge is 0.407 e. The van der Waals surface area contributed by atoms with Crippen molar-refractivity contribution in [2.45, 2.75) is 58.2 Å². The third kappa shape index (κ3) is 2.38. The van der Waals surface area contributed by atoms with Crippen molar-refractivity contribution in [2.24, 2.45) is 5.41 Å². The standard InChI is InChI=1S/C20H27N3O3/c1-4-20(8-7-15(10-20)23-13(2)5-6-14(23)3)18(24)21-11-17-9-16(21)12-22(17)19(25)26/h5-8,15-17H,4,9-12H2,1-3H3,(H,25,26)/t15-,16+,17+,20+/m1/s1. The number of fused-ring (bicyclic) bond motifs is 2. The van der Waals surface area contributed by atoms with Crippen molar-refractivity contribution < 1.29 is 14.7 Å². The normalized spacial score (nSPS) is 32.7. The first-order valence-corrected chi connectivity index (χ1v) is 9.50. The predicted octanol–water partition coefficient (Wildman–Crippen LogP) is 2.97. The van der Waals surface area contributed by atoms with Crippen molar-refractivity contribution in [1.29, 1.82) is 0 Å². The molecule has 2 fully saturated rings. The molecule has 1 aromatic heterocycles. The number of rotatable bonds is 3. The fourth-order valence-corrected chi connectivity index (χ4v) is 5.19. The Morgan fingerprint density at radius 1 is 1.15 bits per heavy atom. The van der Waals surface area contributed by atoms with E-state index in [1.165, 1.54) is 16.3 Å². The van der Waals surface area contributed by atoms with Gasteiger partial charge in [-0.15, -0.1) is 0 Å². The second-order valence-electron chi connectivity index (χ2n) is 8.06. The summed E-state index contributed by atoms with van der Waals surface area (Å²) in [5, 5.41) is 9.27. The van der Waals surface area contributed by atoms with Crippen LogP contribution >= 0.6 is 0 Å². The maximum Gasteiger partial charge on any atom is 0.407 e. The van der Waals surface area contributed by atoms with Crippen LogP contribution in [0.25, 0.3) is 0 Å². The Kier molecular flexibility index (Phi) is 3.90. The number of carbonyl (C=O) groups excluding carboxylic acids is 1. The molecule has 1 aliphatic carbocycles. The van der Waals surface area contributed by atoms with Crippen LogP contribution in [-0.2, 0) is 4.79 Å². The number of aromatic nitrogens is 1. The molecule has 140 valence electrons. The van der Waals surface area contributed by atoms with E-state index in [1.807, 2.05) is 4.90 Å². The lowest BCUT2D eigenvalue weighted by atomic mass is 9.82. The highest BCUT2D eigenvalue weighted by molar-refractivity contribution is 5.86. The van der Waals surface area contributed by atoms with Crippen LogP contribution in [0.1, 0.15) is 43.6 Å². The van der Waals surface area contributed by atoms with E-state index in [4.69, 9.17) is 0 Å². The molecule has 6 nitrogen and oxygen atoms in total. The van der Waals surface area contributed by atoms with Crippen LogP contribution < -0.4 is 0 Å². The summed E-state index contributed by atoms with van der Waals surface area (Å²) in [6, 6.07) is 4.46. The Balaban J connectivity index is 1.53. The molecule has 1 N–H and O–H groups in total. The third-order valence-electron chi connectivity index (χ3n) is 6.67. The lowest BCUT2D eigenvalue weighted by Crippen LogP contribution is -2.53. The van der Waals surface area contributed by atoms with E-state index in [1.54, 1.807) is 0 Å². The van der Waals surface area contributed by atoms with Gasteiger partial charge >= 0.3 is 6.09 Å². The third-order valence-corrected chi connectivity index (χ3v) is 6.67. The van der Waals surface area contributed by atoms with E-state index in [0.29, 0.717) is 13.1 Å². The highest BCUT2D eigenvalue weighted by atomic mass is 16.4. The van der Waals surface area contributed by atoms with E-state index < -0.39 is 11.5 Å². The summed E-state index contributed by atoms with van der Waals surface area (Å²) in [4.78, 5) is 28.2. The van der Waals surface area contributed by atoms with Gasteiger partial charge in [0.2, 0.25) is 5.91 Å². The Morgan fingerprint density at radius 3 is 2.31 bits per heavy atom. The Labute approximate surface area is 154 Å². The van der Waals surface area contributed by atoms with E-state index in [2.05, 4.69) is 49.6 Å². The molecule has 0 aromatic carbocycles. The van der Waals surface area contributed by atoms with Crippen LogP contribution in [0.2, 0.25) is 0 Å². The summed E-state index contributed by atoms with van der Waals surface area (Å²) in [7, 11) is 0. The Hall–Kier alpha value is -2.24. The number of carboxylic acid groups (broad SMARTS) is 1. The molecule has 3 aliphatic rings. The molecule has 4 rings (SSSR count). The molecule has 0 saturated carbocycles. The number of amides is 2. The topological polar surface area (TPSA) is 65.8 Å². The molecule has 2 amide bonds. The van der Waals surface area contributed by atoms with Crippen LogP contribution in [0.15, 0.2) is 24.3 Å². The molecular weight excluding hydrogens is 330 g/mol. The first-order valence-electron chi connectivity index (χ1n) is 9.50. The van der Waals surface area contributed by atoms with E-state index >= 15 is 0 Å². The van der Waals surface area contributed by atoms with Gasteiger partial charge in [-0.2, -0.15) is 0 Å². The molecule has 0 spiro atoms. The zero-order chi connectivity index (χ0) is 18.6. The minimum atomic E-state index is -0.866. The lowest BCUT2D eigenvalue weighted by Gasteiger charge is -2.38. The lowest BCUT2D eigenvalue weighted by molar-refractivity contribution is -0.142. The first-order chi connectivity index (χ1) is 12.4. The molecule has 6 heteroatoms. The summed E-state index contributed by atoms with van der Waals surface area (Å²) < 4.78 is 2.31. The number of hydrogen-bond donors (Lipinski definition) is 1. The molecule has 2 aliphatic heterocycles. The van der Waals surface area contributed by atoms with Crippen molar-refractivity contribution in [1.82, 2.24) is 14.4 Å². The van der Waals surface area contributed by atoms with Crippen molar-refractivity contribution in [3.05, 3.63) is 35.7 Å². The summed E-state index contributed by atoms with van der Waals surface area (Å²) in [6.45, 7) is 7.28. The van der Waals surface area contributed by atoms with Gasteiger partial charge in [0, 0.05) is 24.5 Å². The molecule has 4 atom stereocenters. The summed E-state index contributed by atoms with van der Waals surface area (Å²) in [5.74, 6) is 0.179. The molecule has 0 unspecified atom stereocenters. The van der Waals surface area contributed by atoms with Crippen LogP contribution in [0.4, 0.5) is 4.79 Å². The van der Waals surface area contributed by atoms with Gasteiger partial charge in [0.25, 0.3) is 0 Å². The van der Waals surface area contributed by atoms with Gasteiger partial charge in [0.15, 0.2) is 0 Å². The predicted molar refractivity (Wildman–Crippen MR) is 98.1 cm³/mol. The second-order valence-corrected chi connectivity index (χ2v) is 8.06. The van der Waals surface area contributed by atoms with Crippen molar-refractivity contribution >= 4 is 12.0 Å². The quantitative estimate of drug-likeness (QED) is 0.846. The Morgan fingerprint density at radius 2 is 1.77 bits per heavy atom. The van der Waals surface area contributed by atoms with E-state index in [9.17, 15) is 14.7 Å². The SMILES string of the molecule is CC[C@]1(C(=O)N2C[C@@H]3C[C@H]2CN3C(=O)O)C=C[C@@H](n2c(C)ccc2C)C1. The monoisotopic (exact) mass is 357 g/mol. The number of piperazine rings is 1. The zero-order valence-corrected chi connectivity index (χ0v) is 15.7. The molecule has 2 bridgehead atoms. The second kappa shape index (κ2) is 5.89. The molecule has 2 saturated heterocycles. The molecular formula is C20H27N3O3. The minimum absolute atomic E-state index is 0.0366. The maximum absolute atomic E-state index is 13.5. The first kappa shape index (κ1) is 17.2. The molecule has 1 aromatic rings. The zero-order valence-electron chi connectivity index (χ0n) is 15.7. The Bertz CT molecular complexity index is 764. The van der Waals surface area contributed by atoms with Gasteiger partial charge in [-0.3, -0.25) is 4.79 Å². The number of allylic oxidation sites excluding steroid dienone is 1. The van der Waals surface area contributed by atoms with Crippen molar-refractivity contribution in [3.8, 4) is 0 Å². The van der Waals surface area contributed by atoms with Crippen molar-refractivity contribution in [2.75, 3.05) is 13.1 Å². The molecule has 0 radical (unpaired) electrons. The van der Waals surface area contributed by atoms with Gasteiger partial charge in [0.05, 0.1) is 23.5 Å². The molecule has 26 heavy (non-hydrogen) atoms. The number of likely N-dealkylation sites (tertiary alicyclic amines) is 2. The highest BCUT2D eigenvalue weighted by Gasteiger charge is 2.52. The maximum atomic E-state index is 13.5. The number of nitrogens with zero attached hydrogens (tertiary/aromatic N) is 3. The van der Waals surface area contributed by atoms with Gasteiger partial charge < -0.3 is 19.5 Å². The van der Waals surface area contributed by atoms with Crippen LogP contribution in [-0.4, -0.2) is 56.6 Å². The average molecular weight is 357 g/mol. The van der Waals surface area contributed by atoms with E-state index in [0.717, 1.165) is 19.3 Å².